The molecule has 1 aliphatic rings. The maximum atomic E-state index is 13.5. The normalized spacial score (nSPS) is 40.3. The minimum atomic E-state index is -4.16. The highest BCUT2D eigenvalue weighted by molar-refractivity contribution is 7.47. The average molecular weight is 240 g/mol. The quantitative estimate of drug-likeness (QED) is 0.562. The zero-order valence-corrected chi connectivity index (χ0v) is 9.82. The Kier molecular flexibility index (Phi) is 4.32. The van der Waals surface area contributed by atoms with Crippen LogP contribution in [-0.2, 0) is 18.3 Å². The molecule has 1 aliphatic heterocycles. The van der Waals surface area contributed by atoms with Crippen LogP contribution in [0.2, 0.25) is 0 Å². The third-order valence-electron chi connectivity index (χ3n) is 2.41. The average Bonchev–Trinajstić information content (AvgIpc) is 2.45. The Hall–Kier alpha value is 0.0649. The van der Waals surface area contributed by atoms with Crippen molar-refractivity contribution >= 4 is 15.7 Å². The van der Waals surface area contributed by atoms with E-state index in [9.17, 15) is 8.96 Å². The fourth-order valence-corrected chi connectivity index (χ4v) is 2.20. The molecule has 1 N–H and O–H groups in total. The summed E-state index contributed by atoms with van der Waals surface area (Å²) in [5, 5.41) is 0. The second-order valence-electron chi connectivity index (χ2n) is 3.45. The van der Waals surface area contributed by atoms with Crippen molar-refractivity contribution in [3.63, 3.8) is 0 Å². The fraction of sp³-hybridized carbons (Fsp3) is 1.00. The van der Waals surface area contributed by atoms with Crippen LogP contribution >= 0.6 is 7.82 Å². The Labute approximate surface area is 88.9 Å². The van der Waals surface area contributed by atoms with E-state index < -0.39 is 32.2 Å². The van der Waals surface area contributed by atoms with E-state index in [1.165, 1.54) is 0 Å². The summed E-state index contributed by atoms with van der Waals surface area (Å²) in [4.78, 5) is 9.09. The Morgan fingerprint density at radius 3 is 2.73 bits per heavy atom. The molecule has 5 atom stereocenters. The lowest BCUT2D eigenvalue weighted by molar-refractivity contribution is 0.0224. The van der Waals surface area contributed by atoms with Crippen LogP contribution in [0.5, 0.6) is 0 Å². The molecule has 1 fully saturated rings. The van der Waals surface area contributed by atoms with Gasteiger partial charge in [-0.15, -0.1) is 0 Å². The molecule has 5 nitrogen and oxygen atoms in total. The summed E-state index contributed by atoms with van der Waals surface area (Å²) in [6.45, 7) is 1.79. The number of phosphoric acid groups is 1. The van der Waals surface area contributed by atoms with Crippen LogP contribution in [0.3, 0.4) is 0 Å². The van der Waals surface area contributed by atoms with Crippen LogP contribution in [0.25, 0.3) is 0 Å². The second-order valence-corrected chi connectivity index (χ2v) is 4.97. The van der Waals surface area contributed by atoms with Crippen LogP contribution in [-0.4, -0.2) is 44.2 Å². The first-order chi connectivity index (χ1) is 6.91. The topological polar surface area (TPSA) is 65.0 Å². The molecule has 0 bridgehead atoms. The molecule has 88 valence electrons. The summed E-state index contributed by atoms with van der Waals surface area (Å²) >= 11 is 0. The van der Waals surface area contributed by atoms with Crippen LogP contribution in [0.4, 0.5) is 4.39 Å². The number of hydrogen-bond acceptors (Lipinski definition) is 4. The van der Waals surface area contributed by atoms with E-state index in [0.29, 0.717) is 6.42 Å². The molecule has 1 saturated heterocycles. The number of halogens is 1. The van der Waals surface area contributed by atoms with Crippen LogP contribution in [0, 0.1) is 0 Å². The molecule has 1 rings (SSSR count). The third kappa shape index (κ3) is 3.01. The van der Waals surface area contributed by atoms with Gasteiger partial charge in [-0.2, -0.15) is 0 Å². The summed E-state index contributed by atoms with van der Waals surface area (Å²) in [6, 6.07) is -0.628. The lowest BCUT2D eigenvalue weighted by atomic mass is 9.94. The lowest BCUT2D eigenvalue weighted by Crippen LogP contribution is -2.31. The SMILES string of the molecule is B[C@@H]1O[C@H](CC)C(OP(=O)(O)OC)C1F. The summed E-state index contributed by atoms with van der Waals surface area (Å²) < 4.78 is 38.9. The Morgan fingerprint density at radius 1 is 1.67 bits per heavy atom. The molecule has 0 aromatic heterocycles. The molecule has 0 radical (unpaired) electrons. The predicted octanol–water partition coefficient (Wildman–Crippen LogP) is 0.224. The summed E-state index contributed by atoms with van der Waals surface area (Å²) in [5.41, 5.74) is 0. The smallest absolute Gasteiger partial charge is 0.378 e. The molecule has 0 aromatic rings. The van der Waals surface area contributed by atoms with E-state index in [2.05, 4.69) is 4.52 Å². The first kappa shape index (κ1) is 13.1. The zero-order chi connectivity index (χ0) is 11.6. The summed E-state index contributed by atoms with van der Waals surface area (Å²) in [6.07, 6.45) is -2.45. The maximum Gasteiger partial charge on any atom is 0.472 e. The monoisotopic (exact) mass is 240 g/mol. The van der Waals surface area contributed by atoms with Gasteiger partial charge in [-0.3, -0.25) is 9.05 Å². The van der Waals surface area contributed by atoms with E-state index in [1.807, 2.05) is 0 Å². The Balaban J connectivity index is 2.70. The molecule has 0 aliphatic carbocycles. The Morgan fingerprint density at radius 2 is 2.27 bits per heavy atom. The van der Waals surface area contributed by atoms with Gasteiger partial charge in [0.05, 0.1) is 12.1 Å². The summed E-state index contributed by atoms with van der Waals surface area (Å²) in [7, 11) is -1.56. The zero-order valence-electron chi connectivity index (χ0n) is 8.92. The van der Waals surface area contributed by atoms with Gasteiger partial charge in [0.15, 0.2) is 0 Å². The number of ether oxygens (including phenoxy) is 1. The number of phosphoric ester groups is 1. The lowest BCUT2D eigenvalue weighted by Gasteiger charge is -2.20. The highest BCUT2D eigenvalue weighted by Gasteiger charge is 2.46. The van der Waals surface area contributed by atoms with Crippen molar-refractivity contribution in [1.29, 1.82) is 0 Å². The molecule has 15 heavy (non-hydrogen) atoms. The fourth-order valence-electron chi connectivity index (χ4n) is 1.55. The first-order valence-corrected chi connectivity index (χ1v) is 6.27. The molecule has 0 spiro atoms. The largest absolute Gasteiger partial charge is 0.472 e. The van der Waals surface area contributed by atoms with Crippen LogP contribution < -0.4 is 0 Å². The minimum absolute atomic E-state index is 0.509. The van der Waals surface area contributed by atoms with Crippen molar-refractivity contribution in [2.45, 2.75) is 37.7 Å². The maximum absolute atomic E-state index is 13.5. The molecule has 0 saturated carbocycles. The van der Waals surface area contributed by atoms with Gasteiger partial charge in [0, 0.05) is 7.11 Å². The molecule has 3 unspecified atom stereocenters. The van der Waals surface area contributed by atoms with Gasteiger partial charge in [-0.25, -0.2) is 8.96 Å². The van der Waals surface area contributed by atoms with Gasteiger partial charge < -0.3 is 9.63 Å². The van der Waals surface area contributed by atoms with Gasteiger partial charge in [-0.1, -0.05) is 6.92 Å². The number of rotatable bonds is 4. The molecule has 0 amide bonds. The molecule has 0 aromatic carbocycles. The van der Waals surface area contributed by atoms with Crippen LogP contribution in [0.1, 0.15) is 13.3 Å². The number of alkyl halides is 1. The Bertz CT molecular complexity index is 266. The van der Waals surface area contributed by atoms with E-state index in [0.717, 1.165) is 7.11 Å². The predicted molar refractivity (Wildman–Crippen MR) is 54.1 cm³/mol. The van der Waals surface area contributed by atoms with Crippen molar-refractivity contribution in [2.75, 3.05) is 7.11 Å². The highest BCUT2D eigenvalue weighted by Crippen LogP contribution is 2.46. The third-order valence-corrected chi connectivity index (χ3v) is 3.38. The van der Waals surface area contributed by atoms with Crippen molar-refractivity contribution in [3.8, 4) is 0 Å². The van der Waals surface area contributed by atoms with Crippen molar-refractivity contribution in [3.05, 3.63) is 0 Å². The minimum Gasteiger partial charge on any atom is -0.378 e. The van der Waals surface area contributed by atoms with Gasteiger partial charge in [-0.05, 0) is 6.42 Å². The van der Waals surface area contributed by atoms with E-state index in [4.69, 9.17) is 14.2 Å². The van der Waals surface area contributed by atoms with Gasteiger partial charge in [0.2, 0.25) is 0 Å². The second kappa shape index (κ2) is 4.93. The molecule has 1 heterocycles. The number of hydrogen-bond donors (Lipinski definition) is 1. The van der Waals surface area contributed by atoms with Crippen molar-refractivity contribution in [2.24, 2.45) is 0 Å². The first-order valence-electron chi connectivity index (χ1n) is 4.77. The van der Waals surface area contributed by atoms with Gasteiger partial charge in [0.1, 0.15) is 20.1 Å². The highest BCUT2D eigenvalue weighted by atomic mass is 31.2. The van der Waals surface area contributed by atoms with Gasteiger partial charge in [0.25, 0.3) is 0 Å². The van der Waals surface area contributed by atoms with Crippen LogP contribution in [0.15, 0.2) is 0 Å². The van der Waals surface area contributed by atoms with E-state index in [1.54, 1.807) is 14.8 Å². The molecule has 8 heteroatoms. The van der Waals surface area contributed by atoms with E-state index >= 15 is 0 Å². The van der Waals surface area contributed by atoms with Gasteiger partial charge >= 0.3 is 7.82 Å². The van der Waals surface area contributed by atoms with Crippen molar-refractivity contribution < 1.29 is 27.6 Å². The van der Waals surface area contributed by atoms with E-state index in [-0.39, 0.29) is 0 Å². The summed E-state index contributed by atoms with van der Waals surface area (Å²) in [5.74, 6) is 0. The van der Waals surface area contributed by atoms with Crippen molar-refractivity contribution in [1.82, 2.24) is 0 Å². The molecular weight excluding hydrogens is 225 g/mol. The molecular formula is C7H15BFO5P. The standard InChI is InChI=1S/C7H15BFO5P/c1-3-4-6(5(9)7(8)13-4)14-15(10,11)12-2/h4-7H,3,8H2,1-2H3,(H,10,11)/t4-,5?,6?,7-/m1/s1.